The van der Waals surface area contributed by atoms with Crippen LogP contribution in [0.2, 0.25) is 0 Å². The molecule has 2 amide bonds. The van der Waals surface area contributed by atoms with E-state index in [1.807, 2.05) is 37.3 Å². The molecule has 1 aromatic carbocycles. The first-order valence-electron chi connectivity index (χ1n) is 6.18. The lowest BCUT2D eigenvalue weighted by atomic mass is 9.98. The van der Waals surface area contributed by atoms with E-state index in [9.17, 15) is 9.59 Å². The fraction of sp³-hybridized carbons (Fsp3) is 0.429. The average Bonchev–Trinajstić information content (AvgIpc) is 2.34. The van der Waals surface area contributed by atoms with Crippen LogP contribution in [0.3, 0.4) is 0 Å². The molecule has 96 valence electrons. The van der Waals surface area contributed by atoms with Crippen LogP contribution >= 0.6 is 11.8 Å². The normalized spacial score (nSPS) is 17.3. The van der Waals surface area contributed by atoms with E-state index >= 15 is 0 Å². The average molecular weight is 263 g/mol. The minimum Gasteiger partial charge on any atom is -0.282 e. The number of piperidine rings is 1. The van der Waals surface area contributed by atoms with E-state index in [2.05, 4.69) is 0 Å². The van der Waals surface area contributed by atoms with E-state index in [1.54, 1.807) is 11.8 Å². The summed E-state index contributed by atoms with van der Waals surface area (Å²) in [5.41, 5.74) is 0. The highest BCUT2D eigenvalue weighted by Crippen LogP contribution is 2.21. The third kappa shape index (κ3) is 3.35. The highest BCUT2D eigenvalue weighted by molar-refractivity contribution is 7.99. The summed E-state index contributed by atoms with van der Waals surface area (Å²) < 4.78 is 0. The second-order valence-corrected chi connectivity index (χ2v) is 5.78. The molecule has 4 heteroatoms. The van der Waals surface area contributed by atoms with Crippen molar-refractivity contribution in [3.05, 3.63) is 30.3 Å². The number of amides is 2. The van der Waals surface area contributed by atoms with Crippen LogP contribution in [0.15, 0.2) is 35.2 Å². The molecule has 18 heavy (non-hydrogen) atoms. The quantitative estimate of drug-likeness (QED) is 0.619. The number of benzene rings is 1. The maximum atomic E-state index is 11.8. The van der Waals surface area contributed by atoms with Crippen molar-refractivity contribution in [2.75, 3.05) is 12.3 Å². The molecule has 0 unspecified atom stereocenters. The molecule has 0 saturated carbocycles. The fourth-order valence-corrected chi connectivity index (χ4v) is 2.91. The molecule has 1 aliphatic heterocycles. The molecule has 0 aromatic heterocycles. The van der Waals surface area contributed by atoms with Crippen molar-refractivity contribution < 1.29 is 9.59 Å². The predicted molar refractivity (Wildman–Crippen MR) is 72.3 cm³/mol. The number of hydrogen-bond donors (Lipinski definition) is 0. The van der Waals surface area contributed by atoms with E-state index < -0.39 is 0 Å². The third-order valence-electron chi connectivity index (χ3n) is 2.98. The summed E-state index contributed by atoms with van der Waals surface area (Å²) in [4.78, 5) is 26.1. The molecule has 1 aliphatic rings. The lowest BCUT2D eigenvalue weighted by molar-refractivity contribution is -0.149. The van der Waals surface area contributed by atoms with E-state index in [-0.39, 0.29) is 17.7 Å². The Balaban J connectivity index is 1.83. The van der Waals surface area contributed by atoms with Gasteiger partial charge in [-0.15, -0.1) is 11.8 Å². The summed E-state index contributed by atoms with van der Waals surface area (Å²) in [7, 11) is 0. The van der Waals surface area contributed by atoms with Crippen LogP contribution in [0.4, 0.5) is 0 Å². The van der Waals surface area contributed by atoms with Gasteiger partial charge in [0.25, 0.3) is 0 Å². The van der Waals surface area contributed by atoms with Crippen LogP contribution in [0.25, 0.3) is 0 Å². The summed E-state index contributed by atoms with van der Waals surface area (Å²) in [5.74, 6) is 0.915. The first kappa shape index (κ1) is 13.1. The Hall–Kier alpha value is -1.29. The number of imide groups is 1. The zero-order valence-corrected chi connectivity index (χ0v) is 11.3. The maximum Gasteiger partial charge on any atom is 0.229 e. The smallest absolute Gasteiger partial charge is 0.229 e. The summed E-state index contributed by atoms with van der Waals surface area (Å²) in [6.07, 6.45) is 1.00. The van der Waals surface area contributed by atoms with Crippen LogP contribution in [0.1, 0.15) is 19.8 Å². The Morgan fingerprint density at radius 3 is 2.39 bits per heavy atom. The van der Waals surface area contributed by atoms with Crippen LogP contribution in [-0.4, -0.2) is 29.0 Å². The van der Waals surface area contributed by atoms with Gasteiger partial charge in [0.1, 0.15) is 0 Å². The Kier molecular flexibility index (Phi) is 4.42. The molecular formula is C14H17NO2S. The topological polar surface area (TPSA) is 37.4 Å². The van der Waals surface area contributed by atoms with E-state index in [0.29, 0.717) is 19.4 Å². The van der Waals surface area contributed by atoms with Gasteiger partial charge in [-0.1, -0.05) is 25.1 Å². The first-order chi connectivity index (χ1) is 8.66. The molecule has 1 heterocycles. The predicted octanol–water partition coefficient (Wildman–Crippen LogP) is 2.56. The Morgan fingerprint density at radius 2 is 1.78 bits per heavy atom. The van der Waals surface area contributed by atoms with Gasteiger partial charge < -0.3 is 0 Å². The Bertz CT molecular complexity index is 415. The second-order valence-electron chi connectivity index (χ2n) is 4.61. The number of carbonyl (C=O) groups is 2. The molecular weight excluding hydrogens is 246 g/mol. The lowest BCUT2D eigenvalue weighted by Gasteiger charge is -2.28. The monoisotopic (exact) mass is 263 g/mol. The molecule has 0 spiro atoms. The molecule has 1 saturated heterocycles. The number of likely N-dealkylation sites (tertiary alicyclic amines) is 1. The molecule has 0 N–H and O–H groups in total. The number of hydrogen-bond acceptors (Lipinski definition) is 3. The molecule has 0 aliphatic carbocycles. The summed E-state index contributed by atoms with van der Waals surface area (Å²) in [5, 5.41) is 0. The summed E-state index contributed by atoms with van der Waals surface area (Å²) >= 11 is 1.67. The lowest BCUT2D eigenvalue weighted by Crippen LogP contribution is -2.43. The molecule has 3 nitrogen and oxygen atoms in total. The molecule has 2 rings (SSSR count). The third-order valence-corrected chi connectivity index (χ3v) is 3.97. The summed E-state index contributed by atoms with van der Waals surface area (Å²) in [6.45, 7) is 2.47. The number of carbonyl (C=O) groups excluding carboxylic acids is 2. The largest absolute Gasteiger partial charge is 0.282 e. The van der Waals surface area contributed by atoms with Crippen molar-refractivity contribution in [3.63, 3.8) is 0 Å². The van der Waals surface area contributed by atoms with Crippen molar-refractivity contribution in [3.8, 4) is 0 Å². The number of rotatable bonds is 4. The Morgan fingerprint density at radius 1 is 1.17 bits per heavy atom. The SMILES string of the molecule is CC1CC(=O)N(CCSc2ccccc2)C(=O)C1. The van der Waals surface area contributed by atoms with Crippen LogP contribution in [0.5, 0.6) is 0 Å². The zero-order chi connectivity index (χ0) is 13.0. The summed E-state index contributed by atoms with van der Waals surface area (Å²) in [6, 6.07) is 10.0. The second kappa shape index (κ2) is 6.05. The van der Waals surface area contributed by atoms with Crippen molar-refractivity contribution in [1.82, 2.24) is 4.90 Å². The van der Waals surface area contributed by atoms with Gasteiger partial charge in [0, 0.05) is 30.0 Å². The van der Waals surface area contributed by atoms with Crippen molar-refractivity contribution in [2.24, 2.45) is 5.92 Å². The molecule has 1 fully saturated rings. The van der Waals surface area contributed by atoms with Crippen molar-refractivity contribution in [2.45, 2.75) is 24.7 Å². The molecule has 1 aromatic rings. The van der Waals surface area contributed by atoms with Gasteiger partial charge in [-0.3, -0.25) is 14.5 Å². The molecule has 0 bridgehead atoms. The number of nitrogens with zero attached hydrogens (tertiary/aromatic N) is 1. The Labute approximate surface area is 112 Å². The molecule has 0 radical (unpaired) electrons. The van der Waals surface area contributed by atoms with Crippen LogP contribution in [0, 0.1) is 5.92 Å². The van der Waals surface area contributed by atoms with Gasteiger partial charge in [-0.25, -0.2) is 0 Å². The number of thioether (sulfide) groups is 1. The minimum atomic E-state index is -0.0209. The van der Waals surface area contributed by atoms with Gasteiger partial charge in [-0.05, 0) is 18.1 Å². The first-order valence-corrected chi connectivity index (χ1v) is 7.16. The van der Waals surface area contributed by atoms with E-state index in [0.717, 1.165) is 5.75 Å². The fourth-order valence-electron chi connectivity index (χ4n) is 2.05. The van der Waals surface area contributed by atoms with Gasteiger partial charge in [0.2, 0.25) is 11.8 Å². The van der Waals surface area contributed by atoms with Crippen molar-refractivity contribution >= 4 is 23.6 Å². The maximum absolute atomic E-state index is 11.8. The van der Waals surface area contributed by atoms with Gasteiger partial charge in [-0.2, -0.15) is 0 Å². The van der Waals surface area contributed by atoms with Crippen LogP contribution in [-0.2, 0) is 9.59 Å². The van der Waals surface area contributed by atoms with E-state index in [1.165, 1.54) is 9.80 Å². The van der Waals surface area contributed by atoms with Gasteiger partial charge in [0.15, 0.2) is 0 Å². The van der Waals surface area contributed by atoms with E-state index in [4.69, 9.17) is 0 Å². The standard InChI is InChI=1S/C14H17NO2S/c1-11-9-13(16)15(14(17)10-11)7-8-18-12-5-3-2-4-6-12/h2-6,11H,7-10H2,1H3. The van der Waals surface area contributed by atoms with Gasteiger partial charge in [0.05, 0.1) is 0 Å². The van der Waals surface area contributed by atoms with Gasteiger partial charge >= 0.3 is 0 Å². The highest BCUT2D eigenvalue weighted by atomic mass is 32.2. The zero-order valence-electron chi connectivity index (χ0n) is 10.5. The molecule has 0 atom stereocenters. The highest BCUT2D eigenvalue weighted by Gasteiger charge is 2.29. The van der Waals surface area contributed by atoms with Crippen molar-refractivity contribution in [1.29, 1.82) is 0 Å². The van der Waals surface area contributed by atoms with Crippen LogP contribution < -0.4 is 0 Å². The minimum absolute atomic E-state index is 0.0209.